The Morgan fingerprint density at radius 2 is 1.96 bits per heavy atom. The van der Waals surface area contributed by atoms with Crippen LogP contribution in [0.3, 0.4) is 0 Å². The first kappa shape index (κ1) is 17.5. The minimum Gasteiger partial charge on any atom is -0.450 e. The van der Waals surface area contributed by atoms with Gasteiger partial charge in [0.2, 0.25) is 0 Å². The fourth-order valence-electron chi connectivity index (χ4n) is 3.49. The molecular formula is C19H25N2O4+. The fraction of sp³-hybridized carbons (Fsp3) is 0.474. The van der Waals surface area contributed by atoms with Crippen LogP contribution in [0.1, 0.15) is 23.6 Å². The van der Waals surface area contributed by atoms with Crippen molar-refractivity contribution in [3.8, 4) is 0 Å². The smallest absolute Gasteiger partial charge is 0.410 e. The van der Waals surface area contributed by atoms with Crippen LogP contribution in [-0.4, -0.2) is 43.8 Å². The standard InChI is InChI=1S/C19H24N2O4/c1-4-24-19(23)21-7-5-20(6-8-21)12-15-11-17(22)25-18-14(3)9-13(2)10-16(15)18/h9-11H,4-8,12H2,1-3H3/p+1. The summed E-state index contributed by atoms with van der Waals surface area (Å²) < 4.78 is 10.5. The van der Waals surface area contributed by atoms with Gasteiger partial charge in [0.25, 0.3) is 0 Å². The summed E-state index contributed by atoms with van der Waals surface area (Å²) >= 11 is 0. The second kappa shape index (κ2) is 7.27. The van der Waals surface area contributed by atoms with Gasteiger partial charge >= 0.3 is 11.7 Å². The Labute approximate surface area is 147 Å². The van der Waals surface area contributed by atoms with E-state index in [4.69, 9.17) is 9.15 Å². The summed E-state index contributed by atoms with van der Waals surface area (Å²) in [5, 5.41) is 1.01. The molecule has 0 atom stereocenters. The third-order valence-corrected chi connectivity index (χ3v) is 4.70. The van der Waals surface area contributed by atoms with E-state index in [0.29, 0.717) is 25.3 Å². The van der Waals surface area contributed by atoms with Crippen molar-refractivity contribution in [2.45, 2.75) is 27.3 Å². The van der Waals surface area contributed by atoms with Crippen LogP contribution in [-0.2, 0) is 11.3 Å². The average molecular weight is 345 g/mol. The van der Waals surface area contributed by atoms with Crippen LogP contribution >= 0.6 is 0 Å². The van der Waals surface area contributed by atoms with E-state index in [1.54, 1.807) is 11.0 Å². The molecule has 25 heavy (non-hydrogen) atoms. The van der Waals surface area contributed by atoms with Crippen LogP contribution in [0.4, 0.5) is 4.79 Å². The van der Waals surface area contributed by atoms with Gasteiger partial charge in [0.15, 0.2) is 0 Å². The highest BCUT2D eigenvalue weighted by Crippen LogP contribution is 2.22. The molecule has 0 radical (unpaired) electrons. The van der Waals surface area contributed by atoms with Crippen molar-refractivity contribution in [3.05, 3.63) is 45.3 Å². The minimum absolute atomic E-state index is 0.237. The summed E-state index contributed by atoms with van der Waals surface area (Å²) in [5.74, 6) is 0. The van der Waals surface area contributed by atoms with Gasteiger partial charge in [-0.05, 0) is 38.0 Å². The molecule has 2 heterocycles. The Morgan fingerprint density at radius 1 is 1.24 bits per heavy atom. The van der Waals surface area contributed by atoms with Crippen molar-refractivity contribution in [2.75, 3.05) is 32.8 Å². The zero-order valence-corrected chi connectivity index (χ0v) is 15.1. The molecule has 0 bridgehead atoms. The van der Waals surface area contributed by atoms with E-state index in [1.807, 2.05) is 26.8 Å². The molecule has 0 unspecified atom stereocenters. The number of quaternary nitrogens is 1. The molecule has 1 fully saturated rings. The first-order valence-corrected chi connectivity index (χ1v) is 8.77. The van der Waals surface area contributed by atoms with E-state index in [1.165, 1.54) is 4.90 Å². The highest BCUT2D eigenvalue weighted by atomic mass is 16.6. The molecule has 1 N–H and O–H groups in total. The predicted octanol–water partition coefficient (Wildman–Crippen LogP) is 1.27. The van der Waals surface area contributed by atoms with Gasteiger partial charge in [-0.2, -0.15) is 0 Å². The Bertz CT molecular complexity index is 835. The number of rotatable bonds is 3. The van der Waals surface area contributed by atoms with Gasteiger partial charge in [0.05, 0.1) is 32.8 Å². The summed E-state index contributed by atoms with van der Waals surface area (Å²) in [7, 11) is 0. The molecule has 1 amide bonds. The van der Waals surface area contributed by atoms with Crippen LogP contribution < -0.4 is 10.5 Å². The van der Waals surface area contributed by atoms with Crippen LogP contribution in [0.25, 0.3) is 11.0 Å². The molecule has 0 spiro atoms. The summed E-state index contributed by atoms with van der Waals surface area (Å²) in [6.07, 6.45) is -0.237. The molecule has 6 heteroatoms. The maximum atomic E-state index is 12.0. The lowest BCUT2D eigenvalue weighted by atomic mass is 10.0. The molecule has 1 saturated heterocycles. The molecule has 1 aromatic carbocycles. The molecular weight excluding hydrogens is 320 g/mol. The summed E-state index contributed by atoms with van der Waals surface area (Å²) in [4.78, 5) is 26.9. The van der Waals surface area contributed by atoms with Gasteiger partial charge < -0.3 is 14.1 Å². The van der Waals surface area contributed by atoms with Crippen molar-refractivity contribution >= 4 is 17.1 Å². The van der Waals surface area contributed by atoms with Crippen molar-refractivity contribution < 1.29 is 18.8 Å². The zero-order valence-electron chi connectivity index (χ0n) is 15.1. The van der Waals surface area contributed by atoms with Crippen molar-refractivity contribution in [3.63, 3.8) is 0 Å². The van der Waals surface area contributed by atoms with Gasteiger partial charge in [-0.25, -0.2) is 9.59 Å². The Kier molecular flexibility index (Phi) is 5.08. The third kappa shape index (κ3) is 3.85. The second-order valence-corrected chi connectivity index (χ2v) is 6.66. The van der Waals surface area contributed by atoms with E-state index in [0.717, 1.165) is 41.7 Å². The SMILES string of the molecule is CCOC(=O)N1CC[NH+](Cc2cc(=O)oc3c(C)cc(C)cc23)CC1. The van der Waals surface area contributed by atoms with Gasteiger partial charge in [0.1, 0.15) is 12.1 Å². The van der Waals surface area contributed by atoms with Crippen LogP contribution in [0.15, 0.2) is 27.4 Å². The number of carbonyl (C=O) groups excluding carboxylic acids is 1. The Balaban J connectivity index is 1.78. The highest BCUT2D eigenvalue weighted by Gasteiger charge is 2.25. The van der Waals surface area contributed by atoms with Gasteiger partial charge in [-0.3, -0.25) is 4.90 Å². The molecule has 0 saturated carbocycles. The van der Waals surface area contributed by atoms with Crippen molar-refractivity contribution in [1.29, 1.82) is 0 Å². The number of benzene rings is 1. The molecule has 134 valence electrons. The third-order valence-electron chi connectivity index (χ3n) is 4.70. The number of piperazine rings is 1. The number of fused-ring (bicyclic) bond motifs is 1. The number of carbonyl (C=O) groups is 1. The van der Waals surface area contributed by atoms with E-state index >= 15 is 0 Å². The molecule has 0 aliphatic carbocycles. The fourth-order valence-corrected chi connectivity index (χ4v) is 3.49. The number of hydrogen-bond acceptors (Lipinski definition) is 4. The molecule has 1 aromatic heterocycles. The number of amides is 1. The lowest BCUT2D eigenvalue weighted by Crippen LogP contribution is -3.13. The minimum atomic E-state index is -0.306. The number of aryl methyl sites for hydroxylation is 2. The average Bonchev–Trinajstić information content (AvgIpc) is 2.57. The van der Waals surface area contributed by atoms with E-state index < -0.39 is 0 Å². The number of hydrogen-bond donors (Lipinski definition) is 1. The lowest BCUT2D eigenvalue weighted by Gasteiger charge is -2.31. The molecule has 1 aliphatic rings. The van der Waals surface area contributed by atoms with Crippen LogP contribution in [0.5, 0.6) is 0 Å². The van der Waals surface area contributed by atoms with Crippen molar-refractivity contribution in [1.82, 2.24) is 4.90 Å². The molecule has 3 rings (SSSR count). The molecule has 2 aromatic rings. The second-order valence-electron chi connectivity index (χ2n) is 6.66. The zero-order chi connectivity index (χ0) is 18.0. The largest absolute Gasteiger partial charge is 0.450 e. The predicted molar refractivity (Wildman–Crippen MR) is 95.0 cm³/mol. The van der Waals surface area contributed by atoms with Gasteiger partial charge in [-0.1, -0.05) is 6.07 Å². The van der Waals surface area contributed by atoms with E-state index in [-0.39, 0.29) is 11.7 Å². The van der Waals surface area contributed by atoms with Gasteiger partial charge in [-0.15, -0.1) is 0 Å². The summed E-state index contributed by atoms with van der Waals surface area (Å²) in [6.45, 7) is 10.0. The van der Waals surface area contributed by atoms with Gasteiger partial charge in [0, 0.05) is 17.0 Å². The number of nitrogens with zero attached hydrogens (tertiary/aromatic N) is 1. The number of ether oxygens (including phenoxy) is 1. The van der Waals surface area contributed by atoms with Crippen LogP contribution in [0.2, 0.25) is 0 Å². The first-order valence-electron chi connectivity index (χ1n) is 8.77. The molecule has 1 aliphatic heterocycles. The molecule has 6 nitrogen and oxygen atoms in total. The first-order chi connectivity index (χ1) is 12.0. The van der Waals surface area contributed by atoms with E-state index in [9.17, 15) is 9.59 Å². The maximum Gasteiger partial charge on any atom is 0.410 e. The lowest BCUT2D eigenvalue weighted by molar-refractivity contribution is -0.917. The van der Waals surface area contributed by atoms with Crippen molar-refractivity contribution in [2.24, 2.45) is 0 Å². The Hall–Kier alpha value is -2.34. The monoisotopic (exact) mass is 345 g/mol. The highest BCUT2D eigenvalue weighted by molar-refractivity contribution is 5.83. The summed E-state index contributed by atoms with van der Waals surface area (Å²) in [5.41, 5.74) is 3.52. The Morgan fingerprint density at radius 3 is 2.64 bits per heavy atom. The normalized spacial score (nSPS) is 15.6. The topological polar surface area (TPSA) is 64.2 Å². The quantitative estimate of drug-likeness (QED) is 0.851. The van der Waals surface area contributed by atoms with E-state index in [2.05, 4.69) is 6.07 Å². The number of nitrogens with one attached hydrogen (secondary N) is 1. The maximum absolute atomic E-state index is 12.0. The summed E-state index contributed by atoms with van der Waals surface area (Å²) in [6, 6.07) is 5.71. The van der Waals surface area contributed by atoms with Crippen LogP contribution in [0, 0.1) is 13.8 Å².